The van der Waals surface area contributed by atoms with E-state index in [9.17, 15) is 15.3 Å². The lowest BCUT2D eigenvalue weighted by Gasteiger charge is -2.16. The summed E-state index contributed by atoms with van der Waals surface area (Å²) in [6.45, 7) is 1.42. The molecule has 4 atom stereocenters. The average Bonchev–Trinajstić information content (AvgIpc) is 3.41. The first-order valence-corrected chi connectivity index (χ1v) is 9.34. The van der Waals surface area contributed by atoms with Gasteiger partial charge in [-0.25, -0.2) is 10.4 Å². The maximum absolute atomic E-state index is 10.3. The van der Waals surface area contributed by atoms with Crippen molar-refractivity contribution in [2.75, 3.05) is 17.8 Å². The number of aliphatic hydroxyl groups excluding tert-OH is 3. The topological polar surface area (TPSA) is 164 Å². The number of rotatable bonds is 5. The summed E-state index contributed by atoms with van der Waals surface area (Å²) in [6, 6.07) is 3.87. The first-order chi connectivity index (χ1) is 13.5. The van der Waals surface area contributed by atoms with Crippen LogP contribution in [-0.2, 0) is 4.74 Å². The maximum Gasteiger partial charge on any atom is 0.247 e. The quantitative estimate of drug-likeness (QED) is 0.288. The van der Waals surface area contributed by atoms with E-state index >= 15 is 0 Å². The highest BCUT2D eigenvalue weighted by Gasteiger charge is 2.44. The summed E-state index contributed by atoms with van der Waals surface area (Å²) in [4.78, 5) is 13.7. The van der Waals surface area contributed by atoms with Crippen LogP contribution in [-0.4, -0.2) is 65.5 Å². The lowest BCUT2D eigenvalue weighted by atomic mass is 10.1. The number of aromatic nitrogens is 4. The Hall–Kier alpha value is -2.64. The van der Waals surface area contributed by atoms with Crippen molar-refractivity contribution < 1.29 is 20.1 Å². The minimum Gasteiger partial charge on any atom is -0.394 e. The van der Waals surface area contributed by atoms with Crippen LogP contribution in [0.15, 0.2) is 28.9 Å². The highest BCUT2D eigenvalue weighted by molar-refractivity contribution is 7.12. The molecule has 0 aliphatic carbocycles. The van der Waals surface area contributed by atoms with E-state index in [0.29, 0.717) is 11.2 Å². The number of aliphatic hydroxyl groups is 3. The zero-order valence-electron chi connectivity index (χ0n) is 14.8. The van der Waals surface area contributed by atoms with Crippen molar-refractivity contribution >= 4 is 40.0 Å². The Morgan fingerprint density at radius 1 is 1.39 bits per heavy atom. The normalized spacial score (nSPS) is 25.5. The molecular formula is C16H19N7O4S. The van der Waals surface area contributed by atoms with Crippen LogP contribution in [0.25, 0.3) is 11.2 Å². The third kappa shape index (κ3) is 3.21. The van der Waals surface area contributed by atoms with E-state index in [1.54, 1.807) is 11.3 Å². The molecule has 28 heavy (non-hydrogen) atoms. The standard InChI is InChI=1S/C16H19N7O4S/c1-7(9-3-2-4-28-9)21-22-16-19-13(17)10-14(20-16)23(6-18-10)15-12(26)11(25)8(5-24)27-15/h2-4,6,8,11-12,15,24-26H,5H2,1H3,(H3,17,19,20,22)/b21-7+/t8-,11-,12-,15?/m1/s1. The molecule has 0 saturated carbocycles. The van der Waals surface area contributed by atoms with Crippen LogP contribution < -0.4 is 11.2 Å². The number of ether oxygens (including phenoxy) is 1. The second-order valence-corrected chi connectivity index (χ2v) is 7.22. The molecule has 6 N–H and O–H groups in total. The van der Waals surface area contributed by atoms with E-state index in [0.717, 1.165) is 10.6 Å². The molecule has 12 heteroatoms. The Kier molecular flexibility index (Phi) is 4.95. The van der Waals surface area contributed by atoms with Crippen molar-refractivity contribution in [1.29, 1.82) is 0 Å². The number of fused-ring (bicyclic) bond motifs is 1. The van der Waals surface area contributed by atoms with Gasteiger partial charge in [0.05, 0.1) is 18.6 Å². The molecule has 0 amide bonds. The van der Waals surface area contributed by atoms with Gasteiger partial charge in [-0.1, -0.05) is 6.07 Å². The van der Waals surface area contributed by atoms with E-state index in [2.05, 4.69) is 25.5 Å². The number of hydrogen-bond acceptors (Lipinski definition) is 11. The predicted molar refractivity (Wildman–Crippen MR) is 103 cm³/mol. The summed E-state index contributed by atoms with van der Waals surface area (Å²) in [5.74, 6) is 0.274. The molecule has 0 bridgehead atoms. The monoisotopic (exact) mass is 405 g/mol. The van der Waals surface area contributed by atoms with E-state index in [1.165, 1.54) is 10.9 Å². The molecule has 1 aliphatic heterocycles. The fraction of sp³-hybridized carbons (Fsp3) is 0.375. The first kappa shape index (κ1) is 18.7. The van der Waals surface area contributed by atoms with Crippen LogP contribution in [0.4, 0.5) is 11.8 Å². The molecule has 11 nitrogen and oxygen atoms in total. The van der Waals surface area contributed by atoms with Crippen molar-refractivity contribution in [1.82, 2.24) is 19.5 Å². The third-order valence-electron chi connectivity index (χ3n) is 4.44. The van der Waals surface area contributed by atoms with Crippen LogP contribution in [0.3, 0.4) is 0 Å². The molecule has 0 spiro atoms. The number of nitrogens with one attached hydrogen (secondary N) is 1. The van der Waals surface area contributed by atoms with Gasteiger partial charge in [-0.05, 0) is 18.4 Å². The Balaban J connectivity index is 1.66. The first-order valence-electron chi connectivity index (χ1n) is 8.46. The van der Waals surface area contributed by atoms with E-state index in [4.69, 9.17) is 10.5 Å². The Morgan fingerprint density at radius 2 is 2.21 bits per heavy atom. The smallest absolute Gasteiger partial charge is 0.247 e. The minimum atomic E-state index is -1.26. The molecule has 1 saturated heterocycles. The molecule has 0 radical (unpaired) electrons. The number of hydrogen-bond donors (Lipinski definition) is 5. The predicted octanol–water partition coefficient (Wildman–Crippen LogP) is -0.0824. The maximum atomic E-state index is 10.3. The second-order valence-electron chi connectivity index (χ2n) is 6.27. The van der Waals surface area contributed by atoms with Crippen LogP contribution in [0.2, 0.25) is 0 Å². The van der Waals surface area contributed by atoms with Gasteiger partial charge in [0.1, 0.15) is 23.8 Å². The molecule has 1 unspecified atom stereocenters. The average molecular weight is 405 g/mol. The number of nitrogens with two attached hydrogens (primary N) is 1. The van der Waals surface area contributed by atoms with Gasteiger partial charge in [-0.2, -0.15) is 15.1 Å². The Morgan fingerprint density at radius 3 is 2.89 bits per heavy atom. The molecule has 4 rings (SSSR count). The van der Waals surface area contributed by atoms with Gasteiger partial charge in [-0.3, -0.25) is 4.57 Å². The Labute approximate surface area is 163 Å². The lowest BCUT2D eigenvalue weighted by Crippen LogP contribution is -2.33. The molecule has 1 aliphatic rings. The van der Waals surface area contributed by atoms with Gasteiger partial charge >= 0.3 is 0 Å². The lowest BCUT2D eigenvalue weighted by molar-refractivity contribution is -0.0511. The van der Waals surface area contributed by atoms with Crippen molar-refractivity contribution in [2.45, 2.75) is 31.5 Å². The van der Waals surface area contributed by atoms with E-state index in [1.807, 2.05) is 24.4 Å². The van der Waals surface area contributed by atoms with Crippen molar-refractivity contribution in [2.24, 2.45) is 5.10 Å². The van der Waals surface area contributed by atoms with Gasteiger partial charge in [0.15, 0.2) is 17.7 Å². The fourth-order valence-electron chi connectivity index (χ4n) is 2.96. The summed E-state index contributed by atoms with van der Waals surface area (Å²) in [7, 11) is 0. The fourth-order valence-corrected chi connectivity index (χ4v) is 3.63. The number of imidazole rings is 1. The van der Waals surface area contributed by atoms with Gasteiger partial charge in [0.2, 0.25) is 5.95 Å². The largest absolute Gasteiger partial charge is 0.394 e. The number of nitrogens with zero attached hydrogens (tertiary/aromatic N) is 5. The van der Waals surface area contributed by atoms with E-state index < -0.39 is 31.1 Å². The number of hydrazone groups is 1. The van der Waals surface area contributed by atoms with Crippen molar-refractivity contribution in [3.63, 3.8) is 0 Å². The van der Waals surface area contributed by atoms with Gasteiger partial charge in [0, 0.05) is 4.88 Å². The number of anilines is 2. The SMILES string of the molecule is C/C(=N\Nc1nc(N)c2ncn(C3O[C@H](CO)[C@@H](O)[C@H]3O)c2n1)c1cccs1. The molecular weight excluding hydrogens is 386 g/mol. The highest BCUT2D eigenvalue weighted by Crippen LogP contribution is 2.32. The zero-order chi connectivity index (χ0) is 19.8. The van der Waals surface area contributed by atoms with Gasteiger partial charge in [-0.15, -0.1) is 11.3 Å². The van der Waals surface area contributed by atoms with Crippen LogP contribution >= 0.6 is 11.3 Å². The molecule has 3 aromatic rings. The summed E-state index contributed by atoms with van der Waals surface area (Å²) in [6.07, 6.45) is -2.99. The summed E-state index contributed by atoms with van der Waals surface area (Å²) < 4.78 is 6.98. The summed E-state index contributed by atoms with van der Waals surface area (Å²) >= 11 is 1.56. The summed E-state index contributed by atoms with van der Waals surface area (Å²) in [5, 5.41) is 35.7. The summed E-state index contributed by atoms with van der Waals surface area (Å²) in [5.41, 5.74) is 10.1. The highest BCUT2D eigenvalue weighted by atomic mass is 32.1. The third-order valence-corrected chi connectivity index (χ3v) is 5.42. The molecule has 4 heterocycles. The second kappa shape index (κ2) is 7.41. The van der Waals surface area contributed by atoms with Crippen molar-refractivity contribution in [3.05, 3.63) is 28.7 Å². The van der Waals surface area contributed by atoms with Gasteiger partial charge in [0.25, 0.3) is 0 Å². The zero-order valence-corrected chi connectivity index (χ0v) is 15.6. The molecule has 148 valence electrons. The molecule has 0 aromatic carbocycles. The Bertz CT molecular complexity index is 1010. The molecule has 3 aromatic heterocycles. The molecule has 1 fully saturated rings. The van der Waals surface area contributed by atoms with Crippen molar-refractivity contribution in [3.8, 4) is 0 Å². The van der Waals surface area contributed by atoms with Crippen LogP contribution in [0, 0.1) is 0 Å². The van der Waals surface area contributed by atoms with Gasteiger partial charge < -0.3 is 25.8 Å². The number of thiophene rings is 1. The number of nitrogen functional groups attached to an aromatic ring is 1. The minimum absolute atomic E-state index is 0.127. The van der Waals surface area contributed by atoms with Crippen LogP contribution in [0.5, 0.6) is 0 Å². The van der Waals surface area contributed by atoms with E-state index in [-0.39, 0.29) is 11.8 Å². The van der Waals surface area contributed by atoms with Crippen LogP contribution in [0.1, 0.15) is 18.0 Å².